The molecule has 0 bridgehead atoms. The Morgan fingerprint density at radius 3 is 1.71 bits per heavy atom. The fraction of sp³-hybridized carbons (Fsp3) is 0.500. The lowest BCUT2D eigenvalue weighted by atomic mass is 10.4. The molecule has 0 aromatic rings. The first kappa shape index (κ1) is 4.71. The van der Waals surface area contributed by atoms with E-state index in [-0.39, 0.29) is 10.8 Å². The van der Waals surface area contributed by atoms with Gasteiger partial charge in [-0.3, -0.25) is 0 Å². The highest BCUT2D eigenvalue weighted by Crippen LogP contribution is 1.99. The standard InChI is InChI=1S/C4H6O2Si/c5-3-1-2-4(6)7-3/h1-2,7H2. The summed E-state index contributed by atoms with van der Waals surface area (Å²) in [5.41, 5.74) is 0. The minimum Gasteiger partial charge on any atom is -0.306 e. The van der Waals surface area contributed by atoms with Crippen LogP contribution in [0.4, 0.5) is 0 Å². The van der Waals surface area contributed by atoms with Crippen molar-refractivity contribution in [2.45, 2.75) is 12.8 Å². The first-order valence-electron chi connectivity index (χ1n) is 2.32. The monoisotopic (exact) mass is 114 g/mol. The van der Waals surface area contributed by atoms with E-state index in [0.717, 1.165) is 0 Å². The molecule has 38 valence electrons. The molecule has 1 fully saturated rings. The second-order valence-corrected chi connectivity index (χ2v) is 3.69. The second kappa shape index (κ2) is 1.58. The van der Waals surface area contributed by atoms with Gasteiger partial charge in [-0.25, -0.2) is 0 Å². The van der Waals surface area contributed by atoms with Gasteiger partial charge in [-0.2, -0.15) is 0 Å². The molecule has 1 heterocycles. The van der Waals surface area contributed by atoms with E-state index in [0.29, 0.717) is 12.8 Å². The van der Waals surface area contributed by atoms with Crippen LogP contribution in [0.2, 0.25) is 0 Å². The van der Waals surface area contributed by atoms with Gasteiger partial charge in [-0.05, 0) is 0 Å². The predicted octanol–water partition coefficient (Wildman–Crippen LogP) is -0.998. The van der Waals surface area contributed by atoms with Crippen LogP contribution in [0.1, 0.15) is 12.8 Å². The first-order chi connectivity index (χ1) is 3.29. The third kappa shape index (κ3) is 0.960. The van der Waals surface area contributed by atoms with Crippen LogP contribution in [0, 0.1) is 0 Å². The van der Waals surface area contributed by atoms with Crippen molar-refractivity contribution in [3.63, 3.8) is 0 Å². The molecule has 0 aromatic carbocycles. The lowest BCUT2D eigenvalue weighted by Gasteiger charge is -1.69. The molecule has 1 aliphatic heterocycles. The van der Waals surface area contributed by atoms with E-state index in [4.69, 9.17) is 0 Å². The molecule has 0 unspecified atom stereocenters. The summed E-state index contributed by atoms with van der Waals surface area (Å²) in [6, 6.07) is 0. The fourth-order valence-corrected chi connectivity index (χ4v) is 1.82. The summed E-state index contributed by atoms with van der Waals surface area (Å²) < 4.78 is 0. The highest BCUT2D eigenvalue weighted by atomic mass is 28.2. The van der Waals surface area contributed by atoms with Crippen molar-refractivity contribution in [3.8, 4) is 0 Å². The van der Waals surface area contributed by atoms with Crippen LogP contribution < -0.4 is 0 Å². The van der Waals surface area contributed by atoms with Gasteiger partial charge in [0, 0.05) is 12.8 Å². The van der Waals surface area contributed by atoms with Gasteiger partial charge in [0.05, 0.1) is 0 Å². The normalized spacial score (nSPS) is 21.1. The molecule has 0 spiro atoms. The topological polar surface area (TPSA) is 34.1 Å². The number of hydrogen-bond donors (Lipinski definition) is 0. The Hall–Kier alpha value is -0.443. The van der Waals surface area contributed by atoms with E-state index in [2.05, 4.69) is 0 Å². The zero-order valence-electron chi connectivity index (χ0n) is 3.94. The van der Waals surface area contributed by atoms with Gasteiger partial charge in [0.15, 0.2) is 9.52 Å². The Morgan fingerprint density at radius 2 is 1.57 bits per heavy atom. The molecule has 0 N–H and O–H groups in total. The van der Waals surface area contributed by atoms with Gasteiger partial charge in [0.2, 0.25) is 0 Å². The summed E-state index contributed by atoms with van der Waals surface area (Å²) in [5.74, 6) is 0. The maximum absolute atomic E-state index is 10.3. The average molecular weight is 114 g/mol. The average Bonchev–Trinajstić information content (AvgIpc) is 1.87. The summed E-state index contributed by atoms with van der Waals surface area (Å²) >= 11 is 0. The molecule has 2 nitrogen and oxygen atoms in total. The maximum atomic E-state index is 10.3. The fourth-order valence-electron chi connectivity index (χ4n) is 0.676. The Labute approximate surface area is 43.7 Å². The van der Waals surface area contributed by atoms with E-state index in [1.165, 1.54) is 0 Å². The van der Waals surface area contributed by atoms with Crippen molar-refractivity contribution < 1.29 is 9.59 Å². The van der Waals surface area contributed by atoms with Crippen molar-refractivity contribution in [1.29, 1.82) is 0 Å². The highest BCUT2D eigenvalue weighted by Gasteiger charge is 2.18. The van der Waals surface area contributed by atoms with Crippen molar-refractivity contribution in [2.24, 2.45) is 0 Å². The summed E-state index contributed by atoms with van der Waals surface area (Å²) in [6.45, 7) is 0. The number of carbonyl (C=O) groups is 2. The molecule has 0 aromatic heterocycles. The van der Waals surface area contributed by atoms with Crippen LogP contribution in [0.25, 0.3) is 0 Å². The quantitative estimate of drug-likeness (QED) is 0.379. The van der Waals surface area contributed by atoms with E-state index >= 15 is 0 Å². The SMILES string of the molecule is O=C1CCC(=O)[SiH2]1. The smallest absolute Gasteiger partial charge is 0.178 e. The molecule has 0 saturated carbocycles. The maximum Gasteiger partial charge on any atom is 0.178 e. The molecule has 0 radical (unpaired) electrons. The van der Waals surface area contributed by atoms with Gasteiger partial charge in [0.25, 0.3) is 0 Å². The zero-order chi connectivity index (χ0) is 5.28. The molecule has 1 rings (SSSR count). The first-order valence-corrected chi connectivity index (χ1v) is 3.74. The highest BCUT2D eigenvalue weighted by molar-refractivity contribution is 6.99. The third-order valence-electron chi connectivity index (χ3n) is 1.08. The molecule has 1 saturated heterocycles. The summed E-state index contributed by atoms with van der Waals surface area (Å²) in [6.07, 6.45) is 1.09. The van der Waals surface area contributed by atoms with Gasteiger partial charge in [0.1, 0.15) is 10.8 Å². The minimum atomic E-state index is -0.886. The van der Waals surface area contributed by atoms with Crippen molar-refractivity contribution >= 4 is 20.3 Å². The van der Waals surface area contributed by atoms with Gasteiger partial charge in [-0.15, -0.1) is 0 Å². The second-order valence-electron chi connectivity index (χ2n) is 1.75. The molecular formula is C4H6O2Si. The molecule has 3 heteroatoms. The number of rotatable bonds is 0. The van der Waals surface area contributed by atoms with Gasteiger partial charge < -0.3 is 9.59 Å². The number of carbonyl (C=O) groups excluding carboxylic acids is 2. The summed E-state index contributed by atoms with van der Waals surface area (Å²) in [5, 5.41) is 0.481. The Bertz CT molecular complexity index is 105. The summed E-state index contributed by atoms with van der Waals surface area (Å²) in [7, 11) is -0.886. The van der Waals surface area contributed by atoms with Crippen molar-refractivity contribution in [3.05, 3.63) is 0 Å². The van der Waals surface area contributed by atoms with E-state index in [9.17, 15) is 9.59 Å². The number of hydrogen-bond acceptors (Lipinski definition) is 2. The van der Waals surface area contributed by atoms with Gasteiger partial charge >= 0.3 is 0 Å². The molecule has 0 aliphatic carbocycles. The Balaban J connectivity index is 2.55. The van der Waals surface area contributed by atoms with Crippen molar-refractivity contribution in [1.82, 2.24) is 0 Å². The van der Waals surface area contributed by atoms with Crippen molar-refractivity contribution in [2.75, 3.05) is 0 Å². The van der Waals surface area contributed by atoms with E-state index < -0.39 is 9.52 Å². The van der Waals surface area contributed by atoms with Crippen LogP contribution in [0.15, 0.2) is 0 Å². The lowest BCUT2D eigenvalue weighted by Crippen LogP contribution is -2.05. The van der Waals surface area contributed by atoms with Crippen LogP contribution in [0.5, 0.6) is 0 Å². The van der Waals surface area contributed by atoms with Gasteiger partial charge in [-0.1, -0.05) is 0 Å². The molecule has 1 aliphatic rings. The molecule has 7 heavy (non-hydrogen) atoms. The summed E-state index contributed by atoms with van der Waals surface area (Å²) in [4.78, 5) is 20.6. The van der Waals surface area contributed by atoms with E-state index in [1.807, 2.05) is 0 Å². The molecule has 0 atom stereocenters. The van der Waals surface area contributed by atoms with Crippen LogP contribution in [-0.4, -0.2) is 20.3 Å². The predicted molar refractivity (Wildman–Crippen MR) is 27.8 cm³/mol. The Kier molecular flexibility index (Phi) is 1.06. The Morgan fingerprint density at radius 1 is 1.14 bits per heavy atom. The lowest BCUT2D eigenvalue weighted by molar-refractivity contribution is -0.112. The third-order valence-corrected chi connectivity index (χ3v) is 2.57. The molecule has 0 amide bonds. The largest absolute Gasteiger partial charge is 0.306 e. The molecular weight excluding hydrogens is 108 g/mol. The minimum absolute atomic E-state index is 0.241. The van der Waals surface area contributed by atoms with Crippen LogP contribution >= 0.6 is 0 Å². The van der Waals surface area contributed by atoms with E-state index in [1.54, 1.807) is 0 Å². The zero-order valence-corrected chi connectivity index (χ0v) is 5.35. The van der Waals surface area contributed by atoms with Crippen LogP contribution in [0.3, 0.4) is 0 Å². The van der Waals surface area contributed by atoms with Crippen LogP contribution in [-0.2, 0) is 9.59 Å².